The Balaban J connectivity index is 0.00000840. The van der Waals surface area contributed by atoms with E-state index < -0.39 is 0 Å². The molecule has 0 bridgehead atoms. The largest absolute Gasteiger partial charge is 0.252 e. The summed E-state index contributed by atoms with van der Waals surface area (Å²) in [6, 6.07) is 17.2. The smallest absolute Gasteiger partial charge is 0.0665 e. The number of benzene rings is 2. The van der Waals surface area contributed by atoms with Crippen molar-refractivity contribution in [1.82, 2.24) is 0 Å². The van der Waals surface area contributed by atoms with Crippen molar-refractivity contribution < 1.29 is 16.5 Å². The van der Waals surface area contributed by atoms with E-state index in [-0.39, 0.29) is 16.5 Å². The first-order valence-electron chi connectivity index (χ1n) is 15.9. The van der Waals surface area contributed by atoms with Crippen molar-refractivity contribution in [2.75, 3.05) is 0 Å². The number of nitrogens with zero attached hydrogens (tertiary/aromatic N) is 2. The normalized spacial score (nSPS) is 11.2. The van der Waals surface area contributed by atoms with Crippen molar-refractivity contribution in [2.24, 2.45) is 9.98 Å². The van der Waals surface area contributed by atoms with Crippen molar-refractivity contribution in [3.05, 3.63) is 59.7 Å². The van der Waals surface area contributed by atoms with Gasteiger partial charge in [-0.1, -0.05) is 82.9 Å². The van der Waals surface area contributed by atoms with Gasteiger partial charge in [0.05, 0.1) is 22.8 Å². The topological polar surface area (TPSA) is 24.7 Å². The molecule has 0 aromatic heterocycles. The predicted molar refractivity (Wildman–Crippen MR) is 177 cm³/mol. The molecule has 0 saturated heterocycles. The molecule has 0 N–H and O–H groups in total. The molecule has 2 nitrogen and oxygen atoms in total. The summed E-state index contributed by atoms with van der Waals surface area (Å²) in [6.45, 7) is 8.82. The summed E-state index contributed by atoms with van der Waals surface area (Å²) >= 11 is 0. The fourth-order valence-electron chi connectivity index (χ4n) is 4.53. The van der Waals surface area contributed by atoms with E-state index in [1.54, 1.807) is 0 Å². The third-order valence-corrected chi connectivity index (χ3v) is 7.02. The van der Waals surface area contributed by atoms with E-state index in [2.05, 4.69) is 99.9 Å². The Morgan fingerprint density at radius 3 is 1.49 bits per heavy atom. The first kappa shape index (κ1) is 36.4. The number of hydrogen-bond acceptors (Lipinski definition) is 2. The van der Waals surface area contributed by atoms with Crippen molar-refractivity contribution >= 4 is 22.8 Å². The van der Waals surface area contributed by atoms with Crippen LogP contribution in [0, 0.1) is 23.7 Å². The standard InChI is InChI=1S/C38H52N2.Ni/c1-5-8-11-13-15-17-20-26-34-28-22-24-31-37(34)39-33(4)36(30-19-10-7-3)40-38-32-25-23-29-35(38)27-21-18-16-14-12-9-6-2;/h22-25,28-29,31-32H,5-12,17-21,26-27,30H2,1-4H3;. The summed E-state index contributed by atoms with van der Waals surface area (Å²) in [5.74, 6) is 13.3. The van der Waals surface area contributed by atoms with Crippen LogP contribution in [-0.4, -0.2) is 11.4 Å². The van der Waals surface area contributed by atoms with E-state index in [1.165, 1.54) is 49.7 Å². The Labute approximate surface area is 262 Å². The van der Waals surface area contributed by atoms with Crippen LogP contribution in [0.4, 0.5) is 11.4 Å². The zero-order valence-corrected chi connectivity index (χ0v) is 27.1. The van der Waals surface area contributed by atoms with Gasteiger partial charge in [0.15, 0.2) is 0 Å². The van der Waals surface area contributed by atoms with Crippen LogP contribution in [0.3, 0.4) is 0 Å². The van der Waals surface area contributed by atoms with E-state index in [0.717, 1.165) is 87.0 Å². The summed E-state index contributed by atoms with van der Waals surface area (Å²) in [4.78, 5) is 10.4. The molecular formula is C38H52N2Ni. The average Bonchev–Trinajstić information content (AvgIpc) is 2.97. The molecule has 0 amide bonds. The van der Waals surface area contributed by atoms with Crippen LogP contribution in [0.2, 0.25) is 0 Å². The maximum absolute atomic E-state index is 5.24. The fourth-order valence-corrected chi connectivity index (χ4v) is 4.53. The minimum atomic E-state index is 0. The van der Waals surface area contributed by atoms with E-state index in [1.807, 2.05) is 0 Å². The molecule has 2 rings (SSSR count). The van der Waals surface area contributed by atoms with Crippen molar-refractivity contribution in [1.29, 1.82) is 0 Å². The molecule has 0 saturated carbocycles. The number of aliphatic imine (C=N–C) groups is 2. The second kappa shape index (κ2) is 24.0. The van der Waals surface area contributed by atoms with Crippen molar-refractivity contribution in [3.8, 4) is 23.7 Å². The van der Waals surface area contributed by atoms with Gasteiger partial charge in [0.2, 0.25) is 0 Å². The summed E-state index contributed by atoms with van der Waals surface area (Å²) in [5, 5.41) is 0. The molecule has 2 aromatic carbocycles. The zero-order valence-electron chi connectivity index (χ0n) is 26.1. The zero-order chi connectivity index (χ0) is 28.7. The molecule has 0 heterocycles. The Morgan fingerprint density at radius 1 is 0.561 bits per heavy atom. The van der Waals surface area contributed by atoms with E-state index >= 15 is 0 Å². The van der Waals surface area contributed by atoms with E-state index in [4.69, 9.17) is 9.98 Å². The molecule has 0 unspecified atom stereocenters. The van der Waals surface area contributed by atoms with Crippen LogP contribution in [0.15, 0.2) is 58.5 Å². The van der Waals surface area contributed by atoms with Gasteiger partial charge < -0.3 is 0 Å². The molecule has 0 fully saturated rings. The van der Waals surface area contributed by atoms with Crippen LogP contribution in [0.5, 0.6) is 0 Å². The quantitative estimate of drug-likeness (QED) is 0.0752. The van der Waals surface area contributed by atoms with Gasteiger partial charge in [0, 0.05) is 42.2 Å². The van der Waals surface area contributed by atoms with Gasteiger partial charge in [-0.25, -0.2) is 0 Å². The third kappa shape index (κ3) is 15.8. The van der Waals surface area contributed by atoms with Gasteiger partial charge >= 0.3 is 0 Å². The molecule has 0 spiro atoms. The molecule has 0 aliphatic rings. The Kier molecular flexibility index (Phi) is 21.4. The second-order valence-corrected chi connectivity index (χ2v) is 10.6. The molecule has 0 aliphatic heterocycles. The fraction of sp³-hybridized carbons (Fsp3) is 0.526. The van der Waals surface area contributed by atoms with Gasteiger partial charge in [0.25, 0.3) is 0 Å². The van der Waals surface area contributed by atoms with Crippen LogP contribution in [-0.2, 0) is 29.3 Å². The summed E-state index contributed by atoms with van der Waals surface area (Å²) < 4.78 is 0. The molecule has 0 aliphatic carbocycles. The SMILES string of the molecule is CCCCC#CCCCc1ccccc1N=C(C)C(CCCCC)=Nc1ccccc1CCCC#CCCCC.[Ni]. The molecule has 3 heteroatoms. The maximum Gasteiger partial charge on any atom is 0.0665 e. The van der Waals surface area contributed by atoms with Crippen LogP contribution in [0.25, 0.3) is 0 Å². The number of para-hydroxylation sites is 2. The van der Waals surface area contributed by atoms with Gasteiger partial charge in [-0.05, 0) is 81.5 Å². The van der Waals surface area contributed by atoms with Crippen LogP contribution >= 0.6 is 0 Å². The third-order valence-electron chi connectivity index (χ3n) is 7.02. The maximum atomic E-state index is 5.24. The molecule has 2 aromatic rings. The average molecular weight is 596 g/mol. The number of aryl methyl sites for hydroxylation is 2. The van der Waals surface area contributed by atoms with Crippen molar-refractivity contribution in [3.63, 3.8) is 0 Å². The summed E-state index contributed by atoms with van der Waals surface area (Å²) in [5.41, 5.74) is 6.88. The summed E-state index contributed by atoms with van der Waals surface area (Å²) in [6.07, 6.45) is 17.4. The first-order chi connectivity index (χ1) is 19.7. The summed E-state index contributed by atoms with van der Waals surface area (Å²) in [7, 11) is 0. The molecule has 0 atom stereocenters. The van der Waals surface area contributed by atoms with Crippen molar-refractivity contribution in [2.45, 2.75) is 130 Å². The Hall–Kier alpha value is -2.61. The number of hydrogen-bond donors (Lipinski definition) is 0. The molecule has 41 heavy (non-hydrogen) atoms. The minimum absolute atomic E-state index is 0. The van der Waals surface area contributed by atoms with Gasteiger partial charge in [0.1, 0.15) is 0 Å². The molecule has 0 radical (unpaired) electrons. The first-order valence-corrected chi connectivity index (χ1v) is 15.9. The second-order valence-electron chi connectivity index (χ2n) is 10.6. The molecular weight excluding hydrogens is 543 g/mol. The number of rotatable bonds is 17. The Bertz CT molecular complexity index is 1170. The number of unbranched alkanes of at least 4 members (excludes halogenated alkanes) is 8. The predicted octanol–water partition coefficient (Wildman–Crippen LogP) is 11.2. The van der Waals surface area contributed by atoms with E-state index in [0.29, 0.717) is 0 Å². The Morgan fingerprint density at radius 2 is 1.00 bits per heavy atom. The van der Waals surface area contributed by atoms with Gasteiger partial charge in [-0.15, -0.1) is 23.7 Å². The van der Waals surface area contributed by atoms with Gasteiger partial charge in [-0.3, -0.25) is 9.98 Å². The van der Waals surface area contributed by atoms with Crippen LogP contribution < -0.4 is 0 Å². The monoisotopic (exact) mass is 594 g/mol. The molecule has 224 valence electrons. The minimum Gasteiger partial charge on any atom is -0.252 e. The van der Waals surface area contributed by atoms with Crippen LogP contribution in [0.1, 0.15) is 129 Å². The van der Waals surface area contributed by atoms with Gasteiger partial charge in [-0.2, -0.15) is 0 Å². The van der Waals surface area contributed by atoms with E-state index in [9.17, 15) is 0 Å².